The van der Waals surface area contributed by atoms with Gasteiger partial charge in [-0.05, 0) is 36.8 Å². The summed E-state index contributed by atoms with van der Waals surface area (Å²) in [5.41, 5.74) is 3.07. The number of methoxy groups -OCH3 is 1. The number of ether oxygens (including phenoxy) is 1. The first-order valence-electron chi connectivity index (χ1n) is 14.0. The van der Waals surface area contributed by atoms with Crippen LogP contribution in [0.15, 0.2) is 36.9 Å². The molecule has 224 valence electrons. The van der Waals surface area contributed by atoms with E-state index in [4.69, 9.17) is 9.72 Å². The summed E-state index contributed by atoms with van der Waals surface area (Å²) in [6.07, 6.45) is 2.67. The van der Waals surface area contributed by atoms with Crippen LogP contribution in [0.4, 0.5) is 33.5 Å². The van der Waals surface area contributed by atoms with E-state index in [1.54, 1.807) is 10.6 Å². The summed E-state index contributed by atoms with van der Waals surface area (Å²) in [4.78, 5) is 24.8. The third-order valence-electron chi connectivity index (χ3n) is 8.12. The van der Waals surface area contributed by atoms with E-state index < -0.39 is 18.4 Å². The second kappa shape index (κ2) is 10.4. The number of aryl methyl sites for hydroxylation is 2. The van der Waals surface area contributed by atoms with Crippen molar-refractivity contribution in [2.24, 2.45) is 0 Å². The molecule has 43 heavy (non-hydrogen) atoms. The zero-order chi connectivity index (χ0) is 29.9. The summed E-state index contributed by atoms with van der Waals surface area (Å²) in [5.74, 6) is 1.51. The number of nitrogens with zero attached hydrogens (tertiary/aromatic N) is 8. The molecule has 9 nitrogen and oxygen atoms in total. The zero-order valence-corrected chi connectivity index (χ0v) is 23.2. The predicted octanol–water partition coefficient (Wildman–Crippen LogP) is 5.70. The predicted molar refractivity (Wildman–Crippen MR) is 147 cm³/mol. The molecule has 0 unspecified atom stereocenters. The standard InChI is InChI=1S/C29H27F5N8O/c1-43-27-22(23(17-5-6-17)36-15-37-27)24-35-12-20-26(39-24)41(9-10-42(20)28(30)31)13-16-4-7-19-18(11-16)3-2-8-40-14-21(29(32,33)34)38-25(19)40/h4,7,11-12,14-15,17,28H,2-3,5-6,8-10,13H2,1H3. The number of rotatable bonds is 6. The van der Waals surface area contributed by atoms with E-state index in [-0.39, 0.29) is 24.7 Å². The number of imidazole rings is 1. The number of benzene rings is 1. The van der Waals surface area contributed by atoms with Crippen LogP contribution >= 0.6 is 0 Å². The topological polar surface area (TPSA) is 85.1 Å². The number of halogens is 5. The van der Waals surface area contributed by atoms with Crippen LogP contribution < -0.4 is 14.5 Å². The van der Waals surface area contributed by atoms with E-state index in [9.17, 15) is 22.0 Å². The van der Waals surface area contributed by atoms with Crippen LogP contribution in [0.1, 0.15) is 47.7 Å². The minimum Gasteiger partial charge on any atom is -0.480 e. The summed E-state index contributed by atoms with van der Waals surface area (Å²) >= 11 is 0. The Bertz CT molecular complexity index is 1690. The van der Waals surface area contributed by atoms with Crippen molar-refractivity contribution in [2.75, 3.05) is 30.0 Å². The molecule has 0 radical (unpaired) electrons. The molecular weight excluding hydrogens is 571 g/mol. The van der Waals surface area contributed by atoms with Gasteiger partial charge in [0.1, 0.15) is 23.4 Å². The first-order valence-corrected chi connectivity index (χ1v) is 14.0. The Morgan fingerprint density at radius 3 is 2.63 bits per heavy atom. The van der Waals surface area contributed by atoms with Crippen LogP contribution in [0.5, 0.6) is 5.88 Å². The van der Waals surface area contributed by atoms with Gasteiger partial charge in [-0.2, -0.15) is 22.0 Å². The Kier molecular flexibility index (Phi) is 6.66. The van der Waals surface area contributed by atoms with E-state index in [1.807, 2.05) is 17.0 Å². The SMILES string of the molecule is COc1ncnc(C2CC2)c1-c1ncc2c(n1)N(Cc1ccc3c(c1)CCCn1cc(C(F)(F)F)nc1-3)CCN2C(F)F. The fraction of sp³-hybridized carbons (Fsp3) is 0.414. The van der Waals surface area contributed by atoms with Gasteiger partial charge in [0, 0.05) is 43.9 Å². The van der Waals surface area contributed by atoms with Gasteiger partial charge in [-0.15, -0.1) is 0 Å². The van der Waals surface area contributed by atoms with Crippen LogP contribution in [-0.2, 0) is 25.7 Å². The van der Waals surface area contributed by atoms with Gasteiger partial charge in [-0.1, -0.05) is 18.2 Å². The molecule has 3 aliphatic rings. The van der Waals surface area contributed by atoms with Crippen LogP contribution in [0, 0.1) is 0 Å². The molecule has 0 bridgehead atoms. The van der Waals surface area contributed by atoms with Crippen molar-refractivity contribution >= 4 is 11.5 Å². The molecule has 5 heterocycles. The Morgan fingerprint density at radius 2 is 1.88 bits per heavy atom. The van der Waals surface area contributed by atoms with E-state index in [0.717, 1.165) is 40.8 Å². The van der Waals surface area contributed by atoms with Gasteiger partial charge in [0.2, 0.25) is 5.88 Å². The second-order valence-electron chi connectivity index (χ2n) is 10.9. The average Bonchev–Trinajstić information content (AvgIpc) is 3.77. The van der Waals surface area contributed by atoms with E-state index >= 15 is 0 Å². The van der Waals surface area contributed by atoms with Crippen LogP contribution in [0.3, 0.4) is 0 Å². The normalized spacial score (nSPS) is 16.5. The third-order valence-corrected chi connectivity index (χ3v) is 8.12. The van der Waals surface area contributed by atoms with Gasteiger partial charge in [0.05, 0.1) is 19.0 Å². The number of hydrogen-bond donors (Lipinski definition) is 0. The molecule has 1 saturated carbocycles. The van der Waals surface area contributed by atoms with Gasteiger partial charge in [-0.25, -0.2) is 24.9 Å². The maximum atomic E-state index is 14.0. The Hall–Kier alpha value is -4.36. The molecule has 4 aromatic rings. The van der Waals surface area contributed by atoms with Crippen molar-refractivity contribution in [3.8, 4) is 28.7 Å². The largest absolute Gasteiger partial charge is 0.480 e. The van der Waals surface area contributed by atoms with Gasteiger partial charge >= 0.3 is 12.7 Å². The quantitative estimate of drug-likeness (QED) is 0.207. The Balaban J connectivity index is 1.25. The lowest BCUT2D eigenvalue weighted by Gasteiger charge is -2.37. The fourth-order valence-electron chi connectivity index (χ4n) is 5.92. The fourth-order valence-corrected chi connectivity index (χ4v) is 5.92. The summed E-state index contributed by atoms with van der Waals surface area (Å²) in [5, 5.41) is 0. The molecular formula is C29H27F5N8O. The van der Waals surface area contributed by atoms with Gasteiger partial charge in [0.25, 0.3) is 0 Å². The number of alkyl halides is 5. The molecule has 1 fully saturated rings. The smallest absolute Gasteiger partial charge is 0.434 e. The minimum absolute atomic E-state index is 0.0705. The van der Waals surface area contributed by atoms with Crippen LogP contribution in [-0.4, -0.2) is 56.2 Å². The monoisotopic (exact) mass is 598 g/mol. The van der Waals surface area contributed by atoms with Crippen molar-refractivity contribution in [3.63, 3.8) is 0 Å². The first kappa shape index (κ1) is 27.5. The molecule has 3 aromatic heterocycles. The summed E-state index contributed by atoms with van der Waals surface area (Å²) in [6, 6.07) is 5.61. The second-order valence-corrected chi connectivity index (χ2v) is 10.9. The molecule has 0 atom stereocenters. The number of aromatic nitrogens is 6. The van der Waals surface area contributed by atoms with Crippen molar-refractivity contribution in [1.82, 2.24) is 29.5 Å². The summed E-state index contributed by atoms with van der Waals surface area (Å²) in [6.45, 7) is -1.60. The van der Waals surface area contributed by atoms with E-state index in [0.29, 0.717) is 60.4 Å². The van der Waals surface area contributed by atoms with E-state index in [2.05, 4.69) is 19.9 Å². The summed E-state index contributed by atoms with van der Waals surface area (Å²) < 4.78 is 75.2. The molecule has 0 saturated heterocycles. The maximum Gasteiger partial charge on any atom is 0.434 e. The molecule has 14 heteroatoms. The van der Waals surface area contributed by atoms with Crippen molar-refractivity contribution in [1.29, 1.82) is 0 Å². The zero-order valence-electron chi connectivity index (χ0n) is 23.2. The highest BCUT2D eigenvalue weighted by atomic mass is 19.4. The van der Waals surface area contributed by atoms with Gasteiger partial charge in [-0.3, -0.25) is 0 Å². The van der Waals surface area contributed by atoms with Crippen molar-refractivity contribution in [2.45, 2.75) is 57.4 Å². The molecule has 7 rings (SSSR count). The van der Waals surface area contributed by atoms with Crippen molar-refractivity contribution in [3.05, 3.63) is 59.4 Å². The highest BCUT2D eigenvalue weighted by Crippen LogP contribution is 2.46. The molecule has 2 aliphatic heterocycles. The number of hydrogen-bond acceptors (Lipinski definition) is 8. The van der Waals surface area contributed by atoms with Gasteiger partial charge < -0.3 is 19.1 Å². The highest BCUT2D eigenvalue weighted by molar-refractivity contribution is 5.74. The number of anilines is 2. The lowest BCUT2D eigenvalue weighted by Crippen LogP contribution is -2.43. The lowest BCUT2D eigenvalue weighted by molar-refractivity contribution is -0.140. The van der Waals surface area contributed by atoms with Crippen molar-refractivity contribution < 1.29 is 26.7 Å². The maximum absolute atomic E-state index is 14.0. The Labute approximate surface area is 243 Å². The summed E-state index contributed by atoms with van der Waals surface area (Å²) in [7, 11) is 1.50. The van der Waals surface area contributed by atoms with Crippen LogP contribution in [0.2, 0.25) is 0 Å². The molecule has 0 spiro atoms. The molecule has 1 aliphatic carbocycles. The lowest BCUT2D eigenvalue weighted by atomic mass is 10.00. The molecule has 1 aromatic carbocycles. The van der Waals surface area contributed by atoms with Gasteiger partial charge in [0.15, 0.2) is 17.3 Å². The first-order chi connectivity index (χ1) is 20.7. The van der Waals surface area contributed by atoms with E-state index in [1.165, 1.54) is 19.6 Å². The highest BCUT2D eigenvalue weighted by Gasteiger charge is 2.36. The molecule has 0 amide bonds. The third kappa shape index (κ3) is 5.01. The average molecular weight is 599 g/mol. The van der Waals surface area contributed by atoms with Crippen LogP contribution in [0.25, 0.3) is 22.8 Å². The number of fused-ring (bicyclic) bond motifs is 4. The molecule has 0 N–H and O–H groups in total. The Morgan fingerprint density at radius 1 is 1.05 bits per heavy atom. The minimum atomic E-state index is -4.52.